The highest BCUT2D eigenvalue weighted by atomic mass is 19.4. The van der Waals surface area contributed by atoms with Crippen LogP contribution >= 0.6 is 0 Å². The van der Waals surface area contributed by atoms with Crippen LogP contribution in [0.4, 0.5) is 13.2 Å². The van der Waals surface area contributed by atoms with E-state index in [0.29, 0.717) is 6.04 Å². The van der Waals surface area contributed by atoms with Crippen LogP contribution in [-0.4, -0.2) is 42.3 Å². The second-order valence-electron chi connectivity index (χ2n) is 4.90. The first-order chi connectivity index (χ1) is 7.98. The Morgan fingerprint density at radius 3 is 2.35 bits per heavy atom. The number of nitrogens with one attached hydrogen (secondary N) is 1. The van der Waals surface area contributed by atoms with E-state index in [1.165, 1.54) is 4.90 Å². The second kappa shape index (κ2) is 4.83. The lowest BCUT2D eigenvalue weighted by Crippen LogP contribution is -2.45. The molecule has 0 radical (unpaired) electrons. The number of hydrogen-bond acceptors (Lipinski definition) is 3. The van der Waals surface area contributed by atoms with Gasteiger partial charge in [0, 0.05) is 18.6 Å². The molecule has 2 saturated carbocycles. The van der Waals surface area contributed by atoms with Gasteiger partial charge in [-0.1, -0.05) is 0 Å². The summed E-state index contributed by atoms with van der Waals surface area (Å²) in [5.41, 5.74) is 0. The van der Waals surface area contributed by atoms with Crippen molar-refractivity contribution in [1.82, 2.24) is 10.2 Å². The van der Waals surface area contributed by atoms with Gasteiger partial charge in [0.25, 0.3) is 0 Å². The largest absolute Gasteiger partial charge is 0.401 e. The van der Waals surface area contributed by atoms with E-state index in [2.05, 4.69) is 11.4 Å². The van der Waals surface area contributed by atoms with Gasteiger partial charge in [-0.05, 0) is 25.7 Å². The number of alkyl halides is 3. The van der Waals surface area contributed by atoms with Crippen LogP contribution in [0.15, 0.2) is 0 Å². The zero-order chi connectivity index (χ0) is 12.5. The van der Waals surface area contributed by atoms with E-state index in [-0.39, 0.29) is 12.6 Å². The summed E-state index contributed by atoms with van der Waals surface area (Å²) in [6, 6.07) is 1.93. The zero-order valence-electron chi connectivity index (χ0n) is 9.50. The highest BCUT2D eigenvalue weighted by Gasteiger charge is 2.39. The van der Waals surface area contributed by atoms with E-state index in [4.69, 9.17) is 5.26 Å². The third-order valence-electron chi connectivity index (χ3n) is 3.03. The fraction of sp³-hybridized carbons (Fsp3) is 0.909. The Bertz CT molecular complexity index is 302. The summed E-state index contributed by atoms with van der Waals surface area (Å²) in [5.74, 6) is 0. The molecule has 0 aliphatic heterocycles. The first kappa shape index (κ1) is 12.7. The second-order valence-corrected chi connectivity index (χ2v) is 4.90. The maximum absolute atomic E-state index is 12.4. The van der Waals surface area contributed by atoms with Gasteiger partial charge in [-0.3, -0.25) is 10.2 Å². The van der Waals surface area contributed by atoms with Crippen molar-refractivity contribution in [1.29, 1.82) is 5.26 Å². The predicted octanol–water partition coefficient (Wildman–Crippen LogP) is 1.66. The molecule has 0 aromatic heterocycles. The molecule has 1 N–H and O–H groups in total. The molecular weight excluding hydrogens is 231 g/mol. The Hall–Kier alpha value is -0.800. The highest BCUT2D eigenvalue weighted by Crippen LogP contribution is 2.30. The molecule has 96 valence electrons. The van der Waals surface area contributed by atoms with Gasteiger partial charge in [0.2, 0.25) is 0 Å². The minimum atomic E-state index is -4.18. The van der Waals surface area contributed by atoms with Crippen LogP contribution in [-0.2, 0) is 0 Å². The van der Waals surface area contributed by atoms with Crippen LogP contribution in [0.3, 0.4) is 0 Å². The number of hydrogen-bond donors (Lipinski definition) is 1. The van der Waals surface area contributed by atoms with Crippen molar-refractivity contribution in [2.24, 2.45) is 0 Å². The molecule has 3 nitrogen and oxygen atoms in total. The van der Waals surface area contributed by atoms with Crippen LogP contribution in [0.1, 0.15) is 25.7 Å². The number of halogens is 3. The average Bonchev–Trinajstić information content (AvgIpc) is 3.07. The van der Waals surface area contributed by atoms with Crippen molar-refractivity contribution in [3.05, 3.63) is 0 Å². The molecule has 1 atom stereocenters. The number of nitrogens with zero attached hydrogens (tertiary/aromatic N) is 2. The molecule has 6 heteroatoms. The molecule has 0 aromatic rings. The van der Waals surface area contributed by atoms with Gasteiger partial charge >= 0.3 is 6.18 Å². The van der Waals surface area contributed by atoms with E-state index in [1.54, 1.807) is 0 Å². The summed E-state index contributed by atoms with van der Waals surface area (Å²) in [5, 5.41) is 12.0. The van der Waals surface area contributed by atoms with Crippen LogP contribution in [0, 0.1) is 11.3 Å². The normalized spacial score (nSPS) is 22.5. The molecule has 2 fully saturated rings. The molecule has 0 aromatic carbocycles. The lowest BCUT2D eigenvalue weighted by Gasteiger charge is -2.25. The zero-order valence-corrected chi connectivity index (χ0v) is 9.50. The van der Waals surface area contributed by atoms with Gasteiger partial charge in [-0.15, -0.1) is 0 Å². The van der Waals surface area contributed by atoms with Gasteiger partial charge in [-0.2, -0.15) is 18.4 Å². The molecule has 0 heterocycles. The quantitative estimate of drug-likeness (QED) is 0.775. The Kier molecular flexibility index (Phi) is 3.59. The predicted molar refractivity (Wildman–Crippen MR) is 56.2 cm³/mol. The minimum Gasteiger partial charge on any atom is -0.298 e. The summed E-state index contributed by atoms with van der Waals surface area (Å²) < 4.78 is 37.1. The number of nitriles is 1. The number of rotatable bonds is 6. The summed E-state index contributed by atoms with van der Waals surface area (Å²) in [6.07, 6.45) is -0.487. The first-order valence-electron chi connectivity index (χ1n) is 5.94. The van der Waals surface area contributed by atoms with Gasteiger partial charge in [0.15, 0.2) is 0 Å². The van der Waals surface area contributed by atoms with E-state index < -0.39 is 18.8 Å². The van der Waals surface area contributed by atoms with Gasteiger partial charge < -0.3 is 0 Å². The molecule has 0 amide bonds. The third-order valence-corrected chi connectivity index (χ3v) is 3.03. The maximum atomic E-state index is 12.4. The van der Waals surface area contributed by atoms with Crippen LogP contribution in [0.2, 0.25) is 0 Å². The Morgan fingerprint density at radius 1 is 1.29 bits per heavy atom. The SMILES string of the molecule is N#CC(CN(CC(F)(F)F)C1CC1)NC1CC1. The lowest BCUT2D eigenvalue weighted by molar-refractivity contribution is -0.147. The topological polar surface area (TPSA) is 39.1 Å². The van der Waals surface area contributed by atoms with Crippen molar-refractivity contribution in [3.63, 3.8) is 0 Å². The standard InChI is InChI=1S/C11H16F3N3/c12-11(13,14)7-17(10-3-4-10)6-9(5-15)16-8-1-2-8/h8-10,16H,1-4,6-7H2. The smallest absolute Gasteiger partial charge is 0.298 e. The molecule has 0 saturated heterocycles. The minimum absolute atomic E-state index is 0.0217. The van der Waals surface area contributed by atoms with Crippen molar-refractivity contribution in [2.45, 2.75) is 50.0 Å². The summed E-state index contributed by atoms with van der Waals surface area (Å²) in [4.78, 5) is 1.39. The highest BCUT2D eigenvalue weighted by molar-refractivity contribution is 4.99. The monoisotopic (exact) mass is 247 g/mol. The van der Waals surface area contributed by atoms with E-state index in [1.807, 2.05) is 0 Å². The average molecular weight is 247 g/mol. The first-order valence-corrected chi connectivity index (χ1v) is 5.94. The molecule has 17 heavy (non-hydrogen) atoms. The molecule has 2 rings (SSSR count). The lowest BCUT2D eigenvalue weighted by atomic mass is 10.2. The van der Waals surface area contributed by atoms with Crippen molar-refractivity contribution in [2.75, 3.05) is 13.1 Å². The van der Waals surface area contributed by atoms with Gasteiger partial charge in [-0.25, -0.2) is 0 Å². The molecule has 1 unspecified atom stereocenters. The van der Waals surface area contributed by atoms with Gasteiger partial charge in [0.05, 0.1) is 12.6 Å². The molecular formula is C11H16F3N3. The molecule has 0 spiro atoms. The molecule has 0 bridgehead atoms. The Balaban J connectivity index is 1.84. The summed E-state index contributed by atoms with van der Waals surface area (Å²) in [7, 11) is 0. The maximum Gasteiger partial charge on any atom is 0.401 e. The van der Waals surface area contributed by atoms with Crippen molar-refractivity contribution < 1.29 is 13.2 Å². The summed E-state index contributed by atoms with van der Waals surface area (Å²) >= 11 is 0. The van der Waals surface area contributed by atoms with E-state index in [0.717, 1.165) is 25.7 Å². The van der Waals surface area contributed by atoms with Crippen molar-refractivity contribution in [3.8, 4) is 6.07 Å². The van der Waals surface area contributed by atoms with E-state index >= 15 is 0 Å². The summed E-state index contributed by atoms with van der Waals surface area (Å²) in [6.45, 7) is -0.723. The van der Waals surface area contributed by atoms with Crippen LogP contribution in [0.5, 0.6) is 0 Å². The fourth-order valence-electron chi connectivity index (χ4n) is 1.91. The Labute approximate surface area is 98.6 Å². The third kappa shape index (κ3) is 4.52. The van der Waals surface area contributed by atoms with Gasteiger partial charge in [0.1, 0.15) is 6.04 Å². The van der Waals surface area contributed by atoms with E-state index in [9.17, 15) is 13.2 Å². The van der Waals surface area contributed by atoms with Crippen LogP contribution < -0.4 is 5.32 Å². The van der Waals surface area contributed by atoms with Crippen molar-refractivity contribution >= 4 is 0 Å². The fourth-order valence-corrected chi connectivity index (χ4v) is 1.91. The molecule has 2 aliphatic carbocycles. The molecule has 2 aliphatic rings. The van der Waals surface area contributed by atoms with Crippen LogP contribution in [0.25, 0.3) is 0 Å². The Morgan fingerprint density at radius 2 is 1.94 bits per heavy atom.